The predicted molar refractivity (Wildman–Crippen MR) is 55.8 cm³/mol. The van der Waals surface area contributed by atoms with E-state index < -0.39 is 12.3 Å². The predicted octanol–water partition coefficient (Wildman–Crippen LogP) is 1.81. The summed E-state index contributed by atoms with van der Waals surface area (Å²) in [6, 6.07) is 0. The zero-order valence-corrected chi connectivity index (χ0v) is 9.52. The molecule has 0 aliphatic carbocycles. The maximum atomic E-state index is 11.4. The average Bonchev–Trinajstić information content (AvgIpc) is 2.64. The maximum absolute atomic E-state index is 11.4. The lowest BCUT2D eigenvalue weighted by molar-refractivity contribution is -0.139. The van der Waals surface area contributed by atoms with Gasteiger partial charge in [0.15, 0.2) is 6.10 Å². The van der Waals surface area contributed by atoms with Crippen LogP contribution in [0.5, 0.6) is 0 Å². The van der Waals surface area contributed by atoms with Crippen molar-refractivity contribution in [1.29, 1.82) is 0 Å². The van der Waals surface area contributed by atoms with E-state index in [1.165, 1.54) is 0 Å². The Morgan fingerprint density at radius 1 is 1.62 bits per heavy atom. The normalized spacial score (nSPS) is 20.2. The topological polar surface area (TPSA) is 61.8 Å². The van der Waals surface area contributed by atoms with Crippen molar-refractivity contribution >= 4 is 12.1 Å². The molecule has 1 rings (SSSR count). The largest absolute Gasteiger partial charge is 0.509 e. The molecule has 90 valence electrons. The quantitative estimate of drug-likeness (QED) is 0.408. The fourth-order valence-electron chi connectivity index (χ4n) is 1.19. The smallest absolute Gasteiger partial charge is 0.462 e. The Morgan fingerprint density at radius 2 is 2.38 bits per heavy atom. The molecule has 0 bridgehead atoms. The number of esters is 1. The fraction of sp³-hybridized carbons (Fsp3) is 0.636. The van der Waals surface area contributed by atoms with Crippen LogP contribution < -0.4 is 0 Å². The highest BCUT2D eigenvalue weighted by Crippen LogP contribution is 2.10. The van der Waals surface area contributed by atoms with E-state index in [1.54, 1.807) is 13.0 Å². The van der Waals surface area contributed by atoms with E-state index in [-0.39, 0.29) is 12.6 Å². The minimum atomic E-state index is -0.701. The molecule has 1 atom stereocenters. The summed E-state index contributed by atoms with van der Waals surface area (Å²) < 4.78 is 14.3. The van der Waals surface area contributed by atoms with Crippen LogP contribution in [-0.4, -0.2) is 31.4 Å². The van der Waals surface area contributed by atoms with Crippen LogP contribution in [-0.2, 0) is 19.0 Å². The number of carbonyl (C=O) groups is 2. The Hall–Kier alpha value is -1.52. The van der Waals surface area contributed by atoms with Crippen LogP contribution in [0.2, 0.25) is 0 Å². The van der Waals surface area contributed by atoms with E-state index in [2.05, 4.69) is 4.74 Å². The molecule has 0 N–H and O–H groups in total. The van der Waals surface area contributed by atoms with E-state index in [0.29, 0.717) is 12.2 Å². The third-order valence-electron chi connectivity index (χ3n) is 2.10. The van der Waals surface area contributed by atoms with Gasteiger partial charge < -0.3 is 14.2 Å². The molecule has 1 unspecified atom stereocenters. The minimum Gasteiger partial charge on any atom is -0.462 e. The summed E-state index contributed by atoms with van der Waals surface area (Å²) in [6.45, 7) is 4.21. The molecule has 5 heteroatoms. The van der Waals surface area contributed by atoms with Crippen molar-refractivity contribution in [2.75, 3.05) is 13.2 Å². The van der Waals surface area contributed by atoms with E-state index in [0.717, 1.165) is 12.8 Å². The standard InChI is InChI=1S/C11H16O5/c1-3-4-5-14-10(12)8(2)6-9-7-15-11(13)16-9/h6,9H,3-5,7H2,1-2H3. The monoisotopic (exact) mass is 228 g/mol. The van der Waals surface area contributed by atoms with Gasteiger partial charge in [0.1, 0.15) is 6.61 Å². The second-order valence-corrected chi connectivity index (χ2v) is 3.56. The summed E-state index contributed by atoms with van der Waals surface area (Å²) in [7, 11) is 0. The Kier molecular flexibility index (Phi) is 4.82. The van der Waals surface area contributed by atoms with Gasteiger partial charge in [0, 0.05) is 5.57 Å². The summed E-state index contributed by atoms with van der Waals surface area (Å²) >= 11 is 0. The first-order chi connectivity index (χ1) is 7.63. The summed E-state index contributed by atoms with van der Waals surface area (Å²) in [5.41, 5.74) is 0.430. The lowest BCUT2D eigenvalue weighted by Gasteiger charge is -2.05. The molecule has 1 saturated heterocycles. The molecule has 0 aromatic rings. The lowest BCUT2D eigenvalue weighted by atomic mass is 10.2. The highest BCUT2D eigenvalue weighted by Gasteiger charge is 2.23. The first-order valence-electron chi connectivity index (χ1n) is 5.32. The number of carbonyl (C=O) groups excluding carboxylic acids is 2. The fourth-order valence-corrected chi connectivity index (χ4v) is 1.19. The van der Waals surface area contributed by atoms with Crippen molar-refractivity contribution in [2.45, 2.75) is 32.8 Å². The van der Waals surface area contributed by atoms with Gasteiger partial charge in [-0.15, -0.1) is 0 Å². The van der Waals surface area contributed by atoms with Crippen molar-refractivity contribution in [3.63, 3.8) is 0 Å². The van der Waals surface area contributed by atoms with Crippen LogP contribution in [0.3, 0.4) is 0 Å². The third-order valence-corrected chi connectivity index (χ3v) is 2.10. The molecule has 0 radical (unpaired) electrons. The van der Waals surface area contributed by atoms with Gasteiger partial charge in [-0.1, -0.05) is 13.3 Å². The number of rotatable bonds is 5. The van der Waals surface area contributed by atoms with Crippen LogP contribution >= 0.6 is 0 Å². The molecule has 1 aliphatic rings. The second kappa shape index (κ2) is 6.15. The summed E-state index contributed by atoms with van der Waals surface area (Å²) in [4.78, 5) is 22.0. The van der Waals surface area contributed by atoms with Gasteiger partial charge >= 0.3 is 12.1 Å². The third kappa shape index (κ3) is 3.92. The maximum Gasteiger partial charge on any atom is 0.509 e. The van der Waals surface area contributed by atoms with Crippen LogP contribution in [0, 0.1) is 0 Å². The SMILES string of the molecule is CCCCOC(=O)C(C)=CC1COC(=O)O1. The molecule has 1 heterocycles. The molecule has 0 spiro atoms. The molecule has 0 aromatic carbocycles. The van der Waals surface area contributed by atoms with E-state index in [9.17, 15) is 9.59 Å². The molecule has 0 saturated carbocycles. The van der Waals surface area contributed by atoms with Crippen LogP contribution in [0.1, 0.15) is 26.7 Å². The van der Waals surface area contributed by atoms with Gasteiger partial charge in [-0.3, -0.25) is 0 Å². The number of cyclic esters (lactones) is 2. The lowest BCUT2D eigenvalue weighted by Crippen LogP contribution is -2.12. The van der Waals surface area contributed by atoms with Crippen LogP contribution in [0.25, 0.3) is 0 Å². The number of unbranched alkanes of at least 4 members (excludes halogenated alkanes) is 1. The molecule has 0 amide bonds. The molecular formula is C11H16O5. The van der Waals surface area contributed by atoms with E-state index >= 15 is 0 Å². The van der Waals surface area contributed by atoms with E-state index in [4.69, 9.17) is 9.47 Å². The van der Waals surface area contributed by atoms with Crippen molar-refractivity contribution in [1.82, 2.24) is 0 Å². The minimum absolute atomic E-state index is 0.151. The highest BCUT2D eigenvalue weighted by molar-refractivity contribution is 5.87. The van der Waals surface area contributed by atoms with Gasteiger partial charge in [-0.05, 0) is 19.4 Å². The first-order valence-corrected chi connectivity index (χ1v) is 5.32. The van der Waals surface area contributed by atoms with Gasteiger partial charge in [0.25, 0.3) is 0 Å². The van der Waals surface area contributed by atoms with Crippen LogP contribution in [0.15, 0.2) is 11.6 Å². The zero-order chi connectivity index (χ0) is 12.0. The second-order valence-electron chi connectivity index (χ2n) is 3.56. The van der Waals surface area contributed by atoms with Crippen molar-refractivity contribution in [3.05, 3.63) is 11.6 Å². The summed E-state index contributed by atoms with van der Waals surface area (Å²) in [5, 5.41) is 0. The van der Waals surface area contributed by atoms with Crippen molar-refractivity contribution in [2.24, 2.45) is 0 Å². The number of hydrogen-bond acceptors (Lipinski definition) is 5. The summed E-state index contributed by atoms with van der Waals surface area (Å²) in [5.74, 6) is -0.378. The van der Waals surface area contributed by atoms with Crippen LogP contribution in [0.4, 0.5) is 4.79 Å². The Labute approximate surface area is 94.4 Å². The first kappa shape index (κ1) is 12.5. The molecule has 0 aromatic heterocycles. The van der Waals surface area contributed by atoms with Gasteiger partial charge in [-0.2, -0.15) is 0 Å². The molecule has 1 fully saturated rings. The molecule has 16 heavy (non-hydrogen) atoms. The zero-order valence-electron chi connectivity index (χ0n) is 9.52. The van der Waals surface area contributed by atoms with Gasteiger partial charge in [0.05, 0.1) is 6.61 Å². The molecular weight excluding hydrogens is 212 g/mol. The van der Waals surface area contributed by atoms with Gasteiger partial charge in [-0.25, -0.2) is 9.59 Å². The Morgan fingerprint density at radius 3 is 2.94 bits per heavy atom. The Bertz CT molecular complexity index is 295. The van der Waals surface area contributed by atoms with Gasteiger partial charge in [0.2, 0.25) is 0 Å². The Balaban J connectivity index is 2.37. The average molecular weight is 228 g/mol. The number of ether oxygens (including phenoxy) is 3. The summed E-state index contributed by atoms with van der Waals surface area (Å²) in [6.07, 6.45) is 2.18. The van der Waals surface area contributed by atoms with Crippen molar-refractivity contribution < 1.29 is 23.8 Å². The molecule has 1 aliphatic heterocycles. The number of hydrogen-bond donors (Lipinski definition) is 0. The highest BCUT2D eigenvalue weighted by atomic mass is 16.8. The molecule has 5 nitrogen and oxygen atoms in total. The van der Waals surface area contributed by atoms with E-state index in [1.807, 2.05) is 6.92 Å². The van der Waals surface area contributed by atoms with Crippen molar-refractivity contribution in [3.8, 4) is 0 Å².